The van der Waals surface area contributed by atoms with Crippen LogP contribution in [-0.2, 0) is 12.7 Å². The first-order valence-corrected chi connectivity index (χ1v) is 9.36. The molecule has 2 aliphatic heterocycles. The van der Waals surface area contributed by atoms with Gasteiger partial charge in [-0.3, -0.25) is 4.90 Å². The molecule has 7 heteroatoms. The first kappa shape index (κ1) is 21.5. The third-order valence-electron chi connectivity index (χ3n) is 5.39. The third kappa shape index (κ3) is 5.84. The number of rotatable bonds is 6. The molecule has 1 unspecified atom stereocenters. The Hall–Kier alpha value is -0.820. The highest BCUT2D eigenvalue weighted by atomic mass is 35.5. The van der Waals surface area contributed by atoms with E-state index >= 15 is 0 Å². The molecule has 0 bridgehead atoms. The van der Waals surface area contributed by atoms with Gasteiger partial charge >= 0.3 is 6.18 Å². The fourth-order valence-electron chi connectivity index (χ4n) is 3.97. The molecule has 0 spiro atoms. The zero-order valence-electron chi connectivity index (χ0n) is 15.1. The molecule has 2 heterocycles. The Morgan fingerprint density at radius 3 is 2.50 bits per heavy atom. The molecule has 26 heavy (non-hydrogen) atoms. The smallest absolute Gasteiger partial charge is 0.315 e. The maximum absolute atomic E-state index is 13.3. The predicted octanol–water partition coefficient (Wildman–Crippen LogP) is 3.78. The Kier molecular flexibility index (Phi) is 8.20. The summed E-state index contributed by atoms with van der Waals surface area (Å²) in [5.41, 5.74) is -0.105. The molecule has 0 radical (unpaired) electrons. The van der Waals surface area contributed by atoms with Crippen LogP contribution in [0.5, 0.6) is 0 Å². The molecule has 3 nitrogen and oxygen atoms in total. The van der Waals surface area contributed by atoms with Gasteiger partial charge in [0.05, 0.1) is 5.56 Å². The molecule has 2 aliphatic rings. The molecule has 1 aromatic carbocycles. The summed E-state index contributed by atoms with van der Waals surface area (Å²) in [5.74, 6) is 0. The normalized spacial score (nSPS) is 21.8. The summed E-state index contributed by atoms with van der Waals surface area (Å²) < 4.78 is 40.0. The van der Waals surface area contributed by atoms with E-state index in [1.54, 1.807) is 12.1 Å². The lowest BCUT2D eigenvalue weighted by atomic mass is 10.0. The Bertz CT molecular complexity index is 541. The van der Waals surface area contributed by atoms with E-state index in [9.17, 15) is 13.2 Å². The molecule has 0 saturated carbocycles. The van der Waals surface area contributed by atoms with Crippen LogP contribution in [0.3, 0.4) is 0 Å². The summed E-state index contributed by atoms with van der Waals surface area (Å²) in [6.45, 7) is 6.27. The number of alkyl halides is 3. The molecule has 0 aliphatic carbocycles. The van der Waals surface area contributed by atoms with Gasteiger partial charge in [-0.25, -0.2) is 0 Å². The number of benzene rings is 1. The first-order valence-electron chi connectivity index (χ1n) is 9.36. The summed E-state index contributed by atoms with van der Waals surface area (Å²) in [4.78, 5) is 4.69. The van der Waals surface area contributed by atoms with Crippen LogP contribution in [0.25, 0.3) is 0 Å². The Balaban J connectivity index is 0.00000243. The van der Waals surface area contributed by atoms with Gasteiger partial charge in [-0.15, -0.1) is 12.4 Å². The Labute approximate surface area is 160 Å². The Morgan fingerprint density at radius 1 is 1.12 bits per heavy atom. The molecule has 2 saturated heterocycles. The van der Waals surface area contributed by atoms with Crippen molar-refractivity contribution in [3.05, 3.63) is 35.4 Å². The maximum Gasteiger partial charge on any atom is 0.416 e. The van der Waals surface area contributed by atoms with Crippen molar-refractivity contribution in [3.63, 3.8) is 0 Å². The summed E-state index contributed by atoms with van der Waals surface area (Å²) in [6, 6.07) is 6.33. The van der Waals surface area contributed by atoms with Crippen molar-refractivity contribution in [2.75, 3.05) is 39.3 Å². The number of likely N-dealkylation sites (tertiary alicyclic amines) is 1. The number of piperidine rings is 1. The van der Waals surface area contributed by atoms with Gasteiger partial charge < -0.3 is 10.2 Å². The minimum Gasteiger partial charge on any atom is -0.315 e. The minimum absolute atomic E-state index is 0. The number of nitrogens with zero attached hydrogens (tertiary/aromatic N) is 2. The molecule has 1 N–H and O–H groups in total. The zero-order valence-corrected chi connectivity index (χ0v) is 15.9. The highest BCUT2D eigenvalue weighted by Crippen LogP contribution is 2.32. The molecule has 0 amide bonds. The quantitative estimate of drug-likeness (QED) is 0.796. The first-order chi connectivity index (χ1) is 12.0. The standard InChI is InChI=1S/C19H28F3N3.ClH/c20-19(21,22)18-8-2-1-6-16(18)15-25(17-7-5-9-23-14-17)13-12-24-10-3-4-11-24;/h1-2,6,8,17,23H,3-5,7,9-15H2;1H. The molecule has 3 rings (SSSR count). The minimum atomic E-state index is -4.29. The van der Waals surface area contributed by atoms with Crippen LogP contribution in [0.4, 0.5) is 13.2 Å². The van der Waals surface area contributed by atoms with Gasteiger partial charge in [-0.05, 0) is 56.9 Å². The molecule has 0 aromatic heterocycles. The third-order valence-corrected chi connectivity index (χ3v) is 5.39. The van der Waals surface area contributed by atoms with Crippen LogP contribution in [-0.4, -0.2) is 55.1 Å². The summed E-state index contributed by atoms with van der Waals surface area (Å²) in [5, 5.41) is 3.40. The summed E-state index contributed by atoms with van der Waals surface area (Å²) in [6.07, 6.45) is 0.332. The molecule has 2 fully saturated rings. The number of halogens is 4. The molecule has 1 aromatic rings. The van der Waals surface area contributed by atoms with Crippen molar-refractivity contribution >= 4 is 12.4 Å². The number of nitrogens with one attached hydrogen (secondary N) is 1. The lowest BCUT2D eigenvalue weighted by Crippen LogP contribution is -2.48. The van der Waals surface area contributed by atoms with Gasteiger partial charge in [0, 0.05) is 32.2 Å². The van der Waals surface area contributed by atoms with Crippen molar-refractivity contribution in [2.24, 2.45) is 0 Å². The number of hydrogen-bond donors (Lipinski definition) is 1. The van der Waals surface area contributed by atoms with Crippen LogP contribution in [0.1, 0.15) is 36.8 Å². The SMILES string of the molecule is Cl.FC(F)(F)c1ccccc1CN(CCN1CCCC1)C1CCCNC1. The van der Waals surface area contributed by atoms with Gasteiger partial charge in [0.2, 0.25) is 0 Å². The van der Waals surface area contributed by atoms with Crippen molar-refractivity contribution in [3.8, 4) is 0 Å². The van der Waals surface area contributed by atoms with E-state index in [0.717, 1.165) is 52.1 Å². The Morgan fingerprint density at radius 2 is 1.85 bits per heavy atom. The maximum atomic E-state index is 13.3. The van der Waals surface area contributed by atoms with Crippen LogP contribution >= 0.6 is 12.4 Å². The molecular formula is C19H29ClF3N3. The average molecular weight is 392 g/mol. The van der Waals surface area contributed by atoms with Gasteiger partial charge in [-0.1, -0.05) is 18.2 Å². The van der Waals surface area contributed by atoms with Crippen LogP contribution in [0, 0.1) is 0 Å². The van der Waals surface area contributed by atoms with Gasteiger partial charge in [-0.2, -0.15) is 13.2 Å². The molecular weight excluding hydrogens is 363 g/mol. The molecule has 148 valence electrons. The van der Waals surface area contributed by atoms with E-state index in [0.29, 0.717) is 18.2 Å². The van der Waals surface area contributed by atoms with E-state index in [2.05, 4.69) is 15.1 Å². The van der Waals surface area contributed by atoms with E-state index in [1.165, 1.54) is 25.0 Å². The van der Waals surface area contributed by atoms with Gasteiger partial charge in [0.1, 0.15) is 0 Å². The second-order valence-electron chi connectivity index (χ2n) is 7.17. The lowest BCUT2D eigenvalue weighted by Gasteiger charge is -2.36. The fraction of sp³-hybridized carbons (Fsp3) is 0.684. The van der Waals surface area contributed by atoms with Crippen LogP contribution in [0.2, 0.25) is 0 Å². The second kappa shape index (κ2) is 9.93. The highest BCUT2D eigenvalue weighted by molar-refractivity contribution is 5.85. The fourth-order valence-corrected chi connectivity index (χ4v) is 3.97. The largest absolute Gasteiger partial charge is 0.416 e. The summed E-state index contributed by atoms with van der Waals surface area (Å²) in [7, 11) is 0. The summed E-state index contributed by atoms with van der Waals surface area (Å²) >= 11 is 0. The van der Waals surface area contributed by atoms with Crippen molar-refractivity contribution in [2.45, 2.75) is 44.4 Å². The predicted molar refractivity (Wildman–Crippen MR) is 101 cm³/mol. The van der Waals surface area contributed by atoms with E-state index in [-0.39, 0.29) is 12.4 Å². The van der Waals surface area contributed by atoms with Gasteiger partial charge in [0.15, 0.2) is 0 Å². The van der Waals surface area contributed by atoms with E-state index < -0.39 is 11.7 Å². The van der Waals surface area contributed by atoms with Crippen molar-refractivity contribution < 1.29 is 13.2 Å². The highest BCUT2D eigenvalue weighted by Gasteiger charge is 2.34. The second-order valence-corrected chi connectivity index (χ2v) is 7.17. The van der Waals surface area contributed by atoms with Gasteiger partial charge in [0.25, 0.3) is 0 Å². The molecule has 1 atom stereocenters. The zero-order chi connectivity index (χ0) is 17.7. The topological polar surface area (TPSA) is 18.5 Å². The van der Waals surface area contributed by atoms with Crippen molar-refractivity contribution in [1.82, 2.24) is 15.1 Å². The van der Waals surface area contributed by atoms with Crippen LogP contribution in [0.15, 0.2) is 24.3 Å². The van der Waals surface area contributed by atoms with Crippen molar-refractivity contribution in [1.29, 1.82) is 0 Å². The van der Waals surface area contributed by atoms with E-state index in [4.69, 9.17) is 0 Å². The average Bonchev–Trinajstić information content (AvgIpc) is 3.12. The van der Waals surface area contributed by atoms with Crippen LogP contribution < -0.4 is 5.32 Å². The lowest BCUT2D eigenvalue weighted by molar-refractivity contribution is -0.138. The van der Waals surface area contributed by atoms with E-state index in [1.807, 2.05) is 0 Å². The number of hydrogen-bond acceptors (Lipinski definition) is 3. The monoisotopic (exact) mass is 391 g/mol.